The second-order valence-electron chi connectivity index (χ2n) is 3.54. The lowest BCUT2D eigenvalue weighted by Gasteiger charge is -2.12. The first-order valence-electron chi connectivity index (χ1n) is 5.36. The van der Waals surface area contributed by atoms with Crippen molar-refractivity contribution in [3.05, 3.63) is 29.8 Å². The molecule has 0 saturated carbocycles. The van der Waals surface area contributed by atoms with Crippen molar-refractivity contribution in [2.45, 2.75) is 12.5 Å². The van der Waals surface area contributed by atoms with E-state index < -0.39 is 0 Å². The number of benzene rings is 1. The van der Waals surface area contributed by atoms with E-state index in [1.165, 1.54) is 0 Å². The Morgan fingerprint density at radius 1 is 1.50 bits per heavy atom. The predicted molar refractivity (Wildman–Crippen MR) is 69.0 cm³/mol. The zero-order valence-electron chi connectivity index (χ0n) is 9.56. The molecule has 90 valence electrons. The van der Waals surface area contributed by atoms with Crippen LogP contribution in [0.1, 0.15) is 18.0 Å². The number of aliphatic hydroxyl groups excluding tert-OH is 1. The molecule has 1 rings (SSSR count). The summed E-state index contributed by atoms with van der Waals surface area (Å²) in [6.07, 6.45) is 0.829. The first kappa shape index (κ1) is 13.4. The number of rotatable bonds is 7. The average Bonchev–Trinajstić information content (AvgIpc) is 2.34. The van der Waals surface area contributed by atoms with Gasteiger partial charge in [0.15, 0.2) is 0 Å². The van der Waals surface area contributed by atoms with Crippen molar-refractivity contribution in [2.24, 2.45) is 5.73 Å². The molecule has 16 heavy (non-hydrogen) atoms. The van der Waals surface area contributed by atoms with E-state index in [0.29, 0.717) is 0 Å². The Hall–Kier alpha value is -0.710. The van der Waals surface area contributed by atoms with E-state index in [-0.39, 0.29) is 12.6 Å². The fourth-order valence-corrected chi connectivity index (χ4v) is 2.29. The van der Waals surface area contributed by atoms with Gasteiger partial charge in [-0.2, -0.15) is 11.8 Å². The Bertz CT molecular complexity index is 307. The van der Waals surface area contributed by atoms with Crippen LogP contribution in [-0.4, -0.2) is 30.3 Å². The summed E-state index contributed by atoms with van der Waals surface area (Å²) in [5.41, 5.74) is 7.16. The molecule has 1 aromatic carbocycles. The van der Waals surface area contributed by atoms with Crippen molar-refractivity contribution >= 4 is 11.8 Å². The van der Waals surface area contributed by atoms with E-state index in [4.69, 9.17) is 15.6 Å². The minimum Gasteiger partial charge on any atom is -0.497 e. The summed E-state index contributed by atoms with van der Waals surface area (Å²) < 4.78 is 5.15. The summed E-state index contributed by atoms with van der Waals surface area (Å²) >= 11 is 1.77. The van der Waals surface area contributed by atoms with Crippen molar-refractivity contribution in [1.29, 1.82) is 0 Å². The summed E-state index contributed by atoms with van der Waals surface area (Å²) in [5, 5.41) is 8.66. The first-order chi connectivity index (χ1) is 7.77. The molecule has 0 radical (unpaired) electrons. The van der Waals surface area contributed by atoms with Crippen LogP contribution in [0.5, 0.6) is 5.75 Å². The number of aliphatic hydroxyl groups is 1. The number of hydrogen-bond donors (Lipinski definition) is 2. The van der Waals surface area contributed by atoms with Gasteiger partial charge in [0.2, 0.25) is 0 Å². The summed E-state index contributed by atoms with van der Waals surface area (Å²) in [6, 6.07) is 7.87. The van der Waals surface area contributed by atoms with Gasteiger partial charge in [0.25, 0.3) is 0 Å². The lowest BCUT2D eigenvalue weighted by Crippen LogP contribution is -2.13. The normalized spacial score (nSPS) is 12.4. The molecule has 0 aliphatic heterocycles. The van der Waals surface area contributed by atoms with Gasteiger partial charge in [-0.25, -0.2) is 0 Å². The lowest BCUT2D eigenvalue weighted by molar-refractivity contribution is 0.296. The molecule has 0 bridgehead atoms. The van der Waals surface area contributed by atoms with E-state index >= 15 is 0 Å². The smallest absolute Gasteiger partial charge is 0.119 e. The van der Waals surface area contributed by atoms with Crippen molar-refractivity contribution in [1.82, 2.24) is 0 Å². The Morgan fingerprint density at radius 2 is 2.31 bits per heavy atom. The van der Waals surface area contributed by atoms with Gasteiger partial charge < -0.3 is 15.6 Å². The van der Waals surface area contributed by atoms with Gasteiger partial charge in [-0.3, -0.25) is 0 Å². The SMILES string of the molecule is COc1cccc(C(N)CSCCCO)c1. The van der Waals surface area contributed by atoms with Gasteiger partial charge in [0, 0.05) is 18.4 Å². The minimum atomic E-state index is 0.0267. The highest BCUT2D eigenvalue weighted by Gasteiger charge is 2.06. The quantitative estimate of drug-likeness (QED) is 0.715. The fourth-order valence-electron chi connectivity index (χ4n) is 1.35. The number of hydrogen-bond acceptors (Lipinski definition) is 4. The van der Waals surface area contributed by atoms with Gasteiger partial charge in [0.1, 0.15) is 5.75 Å². The minimum absolute atomic E-state index is 0.0267. The van der Waals surface area contributed by atoms with E-state index in [2.05, 4.69) is 0 Å². The third-order valence-electron chi connectivity index (χ3n) is 2.27. The zero-order valence-corrected chi connectivity index (χ0v) is 10.4. The van der Waals surface area contributed by atoms with Crippen molar-refractivity contribution in [3.8, 4) is 5.75 Å². The zero-order chi connectivity index (χ0) is 11.8. The molecule has 1 atom stereocenters. The second kappa shape index (κ2) is 7.54. The molecule has 0 aromatic heterocycles. The molecule has 1 aromatic rings. The Labute approximate surface area is 101 Å². The molecular formula is C12H19NO2S. The van der Waals surface area contributed by atoms with Gasteiger partial charge in [-0.05, 0) is 29.9 Å². The van der Waals surface area contributed by atoms with Crippen LogP contribution in [0.3, 0.4) is 0 Å². The fraction of sp³-hybridized carbons (Fsp3) is 0.500. The van der Waals surface area contributed by atoms with Crippen LogP contribution in [0, 0.1) is 0 Å². The molecule has 0 fully saturated rings. The highest BCUT2D eigenvalue weighted by atomic mass is 32.2. The van der Waals surface area contributed by atoms with Crippen molar-refractivity contribution in [3.63, 3.8) is 0 Å². The largest absolute Gasteiger partial charge is 0.497 e. The maximum atomic E-state index is 8.66. The summed E-state index contributed by atoms with van der Waals surface area (Å²) in [7, 11) is 1.65. The van der Waals surface area contributed by atoms with E-state index in [0.717, 1.165) is 29.2 Å². The Kier molecular flexibility index (Phi) is 6.30. The van der Waals surface area contributed by atoms with Gasteiger partial charge in [-0.1, -0.05) is 12.1 Å². The summed E-state index contributed by atoms with van der Waals surface area (Å²) in [4.78, 5) is 0. The molecule has 0 spiro atoms. The molecule has 3 N–H and O–H groups in total. The Balaban J connectivity index is 2.42. The summed E-state index contributed by atoms with van der Waals surface area (Å²) in [5.74, 6) is 2.66. The molecule has 0 aliphatic rings. The van der Waals surface area contributed by atoms with Gasteiger partial charge in [0.05, 0.1) is 7.11 Å². The molecule has 0 aliphatic carbocycles. The monoisotopic (exact) mass is 241 g/mol. The van der Waals surface area contributed by atoms with Crippen LogP contribution in [0.4, 0.5) is 0 Å². The van der Waals surface area contributed by atoms with Crippen LogP contribution >= 0.6 is 11.8 Å². The molecule has 4 heteroatoms. The molecule has 3 nitrogen and oxygen atoms in total. The first-order valence-corrected chi connectivity index (χ1v) is 6.51. The van der Waals surface area contributed by atoms with Crippen LogP contribution < -0.4 is 10.5 Å². The highest BCUT2D eigenvalue weighted by molar-refractivity contribution is 7.99. The number of nitrogens with two attached hydrogens (primary N) is 1. The molecule has 0 heterocycles. The lowest BCUT2D eigenvalue weighted by atomic mass is 10.1. The maximum Gasteiger partial charge on any atom is 0.119 e. The molecule has 0 saturated heterocycles. The maximum absolute atomic E-state index is 8.66. The van der Waals surface area contributed by atoms with Gasteiger partial charge in [-0.15, -0.1) is 0 Å². The number of ether oxygens (including phenoxy) is 1. The van der Waals surface area contributed by atoms with E-state index in [9.17, 15) is 0 Å². The third-order valence-corrected chi connectivity index (χ3v) is 3.44. The topological polar surface area (TPSA) is 55.5 Å². The number of methoxy groups -OCH3 is 1. The predicted octanol–water partition coefficient (Wildman–Crippen LogP) is 1.81. The van der Waals surface area contributed by atoms with Crippen molar-refractivity contribution < 1.29 is 9.84 Å². The third kappa shape index (κ3) is 4.43. The molecular weight excluding hydrogens is 222 g/mol. The molecule has 1 unspecified atom stereocenters. The second-order valence-corrected chi connectivity index (χ2v) is 4.69. The van der Waals surface area contributed by atoms with Gasteiger partial charge >= 0.3 is 0 Å². The standard InChI is InChI=1S/C12H19NO2S/c1-15-11-5-2-4-10(8-11)12(13)9-16-7-3-6-14/h2,4-5,8,12,14H,3,6-7,9,13H2,1H3. The van der Waals surface area contributed by atoms with Crippen LogP contribution in [0.15, 0.2) is 24.3 Å². The van der Waals surface area contributed by atoms with Crippen LogP contribution in [0.2, 0.25) is 0 Å². The average molecular weight is 241 g/mol. The van der Waals surface area contributed by atoms with E-state index in [1.54, 1.807) is 18.9 Å². The number of thioether (sulfide) groups is 1. The van der Waals surface area contributed by atoms with E-state index in [1.807, 2.05) is 24.3 Å². The Morgan fingerprint density at radius 3 is 3.00 bits per heavy atom. The molecule has 0 amide bonds. The summed E-state index contributed by atoms with van der Waals surface area (Å²) in [6.45, 7) is 0.251. The van der Waals surface area contributed by atoms with Crippen molar-refractivity contribution in [2.75, 3.05) is 25.2 Å². The van der Waals surface area contributed by atoms with Crippen LogP contribution in [-0.2, 0) is 0 Å². The highest BCUT2D eigenvalue weighted by Crippen LogP contribution is 2.20. The van der Waals surface area contributed by atoms with Crippen LogP contribution in [0.25, 0.3) is 0 Å².